The van der Waals surface area contributed by atoms with Crippen LogP contribution < -0.4 is 5.73 Å². The summed E-state index contributed by atoms with van der Waals surface area (Å²) in [4.78, 5) is 0. The predicted octanol–water partition coefficient (Wildman–Crippen LogP) is 1.44. The molecule has 0 bridgehead atoms. The molecule has 2 saturated carbocycles. The fourth-order valence-corrected chi connectivity index (χ4v) is 2.46. The summed E-state index contributed by atoms with van der Waals surface area (Å²) in [5.74, 6) is 0.395. The maximum Gasteiger partial charge on any atom is 0.103 e. The van der Waals surface area contributed by atoms with Crippen LogP contribution >= 0.6 is 0 Å². The zero-order valence-corrected chi connectivity index (χ0v) is 9.45. The molecule has 15 heavy (non-hydrogen) atoms. The largest absolute Gasteiger partial charge is 0.386 e. The van der Waals surface area contributed by atoms with E-state index in [9.17, 15) is 5.11 Å². The van der Waals surface area contributed by atoms with Crippen LogP contribution in [0.15, 0.2) is 0 Å². The van der Waals surface area contributed by atoms with Gasteiger partial charge in [0.2, 0.25) is 0 Å². The molecule has 0 spiro atoms. The maximum absolute atomic E-state index is 10.2. The maximum atomic E-state index is 10.2. The minimum Gasteiger partial charge on any atom is -0.386 e. The highest BCUT2D eigenvalue weighted by Crippen LogP contribution is 2.39. The van der Waals surface area contributed by atoms with Gasteiger partial charge in [0.25, 0.3) is 0 Å². The van der Waals surface area contributed by atoms with Gasteiger partial charge in [0, 0.05) is 6.54 Å². The average Bonchev–Trinajstić information content (AvgIpc) is 3.11. The second kappa shape index (κ2) is 4.81. The number of hydrogen-bond donors (Lipinski definition) is 2. The first-order chi connectivity index (χ1) is 7.24. The van der Waals surface area contributed by atoms with Gasteiger partial charge in [-0.25, -0.2) is 0 Å². The van der Waals surface area contributed by atoms with E-state index in [1.807, 2.05) is 0 Å². The minimum absolute atomic E-state index is 0.338. The Labute approximate surface area is 92.0 Å². The Bertz CT molecular complexity index is 200. The summed E-state index contributed by atoms with van der Waals surface area (Å²) in [5.41, 5.74) is 4.89. The number of ether oxygens (including phenoxy) is 1. The molecule has 3 N–H and O–H groups in total. The highest BCUT2D eigenvalue weighted by molar-refractivity contribution is 4.95. The molecule has 2 fully saturated rings. The molecule has 0 aromatic heterocycles. The van der Waals surface area contributed by atoms with E-state index in [0.717, 1.165) is 25.7 Å². The molecular weight excluding hydrogens is 190 g/mol. The first-order valence-corrected chi connectivity index (χ1v) is 6.29. The van der Waals surface area contributed by atoms with Crippen molar-refractivity contribution in [3.05, 3.63) is 0 Å². The van der Waals surface area contributed by atoms with Crippen molar-refractivity contribution in [1.82, 2.24) is 0 Å². The van der Waals surface area contributed by atoms with Gasteiger partial charge in [-0.2, -0.15) is 0 Å². The van der Waals surface area contributed by atoms with Gasteiger partial charge in [-0.3, -0.25) is 0 Å². The topological polar surface area (TPSA) is 55.5 Å². The van der Waals surface area contributed by atoms with Gasteiger partial charge in [0.05, 0.1) is 12.7 Å². The lowest BCUT2D eigenvalue weighted by Crippen LogP contribution is -2.45. The molecule has 0 amide bonds. The van der Waals surface area contributed by atoms with Crippen molar-refractivity contribution in [2.24, 2.45) is 11.7 Å². The van der Waals surface area contributed by atoms with E-state index in [4.69, 9.17) is 10.5 Å². The highest BCUT2D eigenvalue weighted by Gasteiger charge is 2.43. The lowest BCUT2D eigenvalue weighted by molar-refractivity contribution is -0.0870. The lowest BCUT2D eigenvalue weighted by atomic mass is 9.96. The quantitative estimate of drug-likeness (QED) is 0.726. The third kappa shape index (κ3) is 2.92. The number of rotatable bonds is 5. The molecule has 1 unspecified atom stereocenters. The van der Waals surface area contributed by atoms with Crippen LogP contribution in [0.5, 0.6) is 0 Å². The van der Waals surface area contributed by atoms with Crippen LogP contribution in [0.25, 0.3) is 0 Å². The zero-order chi connectivity index (χ0) is 10.7. The first kappa shape index (κ1) is 11.4. The summed E-state index contributed by atoms with van der Waals surface area (Å²) in [6.07, 6.45) is 8.80. The normalized spacial score (nSPS) is 27.6. The first-order valence-electron chi connectivity index (χ1n) is 6.29. The van der Waals surface area contributed by atoms with Gasteiger partial charge in [-0.1, -0.05) is 19.3 Å². The molecule has 3 heteroatoms. The summed E-state index contributed by atoms with van der Waals surface area (Å²) in [6.45, 7) is 0.781. The van der Waals surface area contributed by atoms with Gasteiger partial charge in [0.15, 0.2) is 0 Å². The van der Waals surface area contributed by atoms with E-state index >= 15 is 0 Å². The monoisotopic (exact) mass is 213 g/mol. The van der Waals surface area contributed by atoms with Gasteiger partial charge in [0.1, 0.15) is 5.60 Å². The van der Waals surface area contributed by atoms with E-state index in [1.54, 1.807) is 0 Å². The highest BCUT2D eigenvalue weighted by atomic mass is 16.5. The van der Waals surface area contributed by atoms with Crippen LogP contribution in [-0.2, 0) is 4.74 Å². The van der Waals surface area contributed by atoms with Gasteiger partial charge >= 0.3 is 0 Å². The molecule has 0 heterocycles. The Hall–Kier alpha value is -0.120. The fraction of sp³-hybridized carbons (Fsp3) is 1.00. The molecule has 88 valence electrons. The van der Waals surface area contributed by atoms with Crippen molar-refractivity contribution >= 4 is 0 Å². The van der Waals surface area contributed by atoms with E-state index < -0.39 is 5.60 Å². The van der Waals surface area contributed by atoms with Crippen molar-refractivity contribution in [3.63, 3.8) is 0 Å². The van der Waals surface area contributed by atoms with Gasteiger partial charge in [-0.15, -0.1) is 0 Å². The van der Waals surface area contributed by atoms with Crippen LogP contribution in [0.3, 0.4) is 0 Å². The molecule has 2 rings (SSSR count). The molecule has 0 radical (unpaired) electrons. The Morgan fingerprint density at radius 1 is 1.13 bits per heavy atom. The lowest BCUT2D eigenvalue weighted by Gasteiger charge is -2.30. The minimum atomic E-state index is -0.739. The summed E-state index contributed by atoms with van der Waals surface area (Å²) < 4.78 is 5.81. The summed E-state index contributed by atoms with van der Waals surface area (Å²) in [7, 11) is 0. The van der Waals surface area contributed by atoms with Crippen LogP contribution in [0.4, 0.5) is 0 Å². The third-order valence-corrected chi connectivity index (χ3v) is 3.81. The molecule has 0 aromatic rings. The van der Waals surface area contributed by atoms with Crippen molar-refractivity contribution in [2.45, 2.75) is 56.7 Å². The number of aliphatic hydroxyl groups is 1. The second-order valence-corrected chi connectivity index (χ2v) is 5.15. The van der Waals surface area contributed by atoms with E-state index in [-0.39, 0.29) is 0 Å². The Morgan fingerprint density at radius 2 is 1.80 bits per heavy atom. The standard InChI is InChI=1S/C12H23NO2/c13-8-12(14,10-6-7-10)9-15-11-4-2-1-3-5-11/h10-11,14H,1-9,13H2. The molecule has 1 atom stereocenters. The fourth-order valence-electron chi connectivity index (χ4n) is 2.46. The van der Waals surface area contributed by atoms with Crippen LogP contribution in [0.2, 0.25) is 0 Å². The van der Waals surface area contributed by atoms with Crippen LogP contribution in [-0.4, -0.2) is 30.0 Å². The SMILES string of the molecule is NCC(O)(COC1CCCCC1)C1CC1. The summed E-state index contributed by atoms with van der Waals surface area (Å²) in [6, 6.07) is 0. The Balaban J connectivity index is 1.74. The molecule has 0 aliphatic heterocycles. The van der Waals surface area contributed by atoms with E-state index in [2.05, 4.69) is 0 Å². The molecule has 0 aromatic carbocycles. The van der Waals surface area contributed by atoms with Crippen LogP contribution in [0, 0.1) is 5.92 Å². The van der Waals surface area contributed by atoms with Gasteiger partial charge in [-0.05, 0) is 31.6 Å². The second-order valence-electron chi connectivity index (χ2n) is 5.15. The summed E-state index contributed by atoms with van der Waals surface area (Å²) in [5, 5.41) is 10.2. The van der Waals surface area contributed by atoms with Crippen molar-refractivity contribution in [3.8, 4) is 0 Å². The molecule has 2 aliphatic rings. The van der Waals surface area contributed by atoms with E-state index in [0.29, 0.717) is 25.2 Å². The third-order valence-electron chi connectivity index (χ3n) is 3.81. The molecular formula is C12H23NO2. The van der Waals surface area contributed by atoms with Crippen molar-refractivity contribution < 1.29 is 9.84 Å². The van der Waals surface area contributed by atoms with E-state index in [1.165, 1.54) is 19.3 Å². The van der Waals surface area contributed by atoms with Gasteiger partial charge < -0.3 is 15.6 Å². The van der Waals surface area contributed by atoms with Crippen molar-refractivity contribution in [1.29, 1.82) is 0 Å². The molecule has 3 nitrogen and oxygen atoms in total. The average molecular weight is 213 g/mol. The number of nitrogens with two attached hydrogens (primary N) is 1. The Kier molecular flexibility index (Phi) is 3.65. The smallest absolute Gasteiger partial charge is 0.103 e. The number of hydrogen-bond acceptors (Lipinski definition) is 3. The molecule has 0 saturated heterocycles. The van der Waals surface area contributed by atoms with Crippen LogP contribution in [0.1, 0.15) is 44.9 Å². The zero-order valence-electron chi connectivity index (χ0n) is 9.45. The Morgan fingerprint density at radius 3 is 2.33 bits per heavy atom. The van der Waals surface area contributed by atoms with Crippen molar-refractivity contribution in [2.75, 3.05) is 13.2 Å². The summed E-state index contributed by atoms with van der Waals surface area (Å²) >= 11 is 0. The molecule has 2 aliphatic carbocycles. The predicted molar refractivity (Wildman–Crippen MR) is 59.6 cm³/mol.